The number of hydroxylamine groups is 1. The Balaban J connectivity index is 0.843. The maximum Gasteiger partial charge on any atom is 0.251 e. The van der Waals surface area contributed by atoms with Gasteiger partial charge in [-0.25, -0.2) is 10.2 Å². The van der Waals surface area contributed by atoms with Crippen molar-refractivity contribution in [3.05, 3.63) is 178 Å². The molecule has 0 atom stereocenters. The molecule has 0 aliphatic heterocycles. The molecule has 1 saturated carbocycles. The molecule has 294 valence electrons. The van der Waals surface area contributed by atoms with Crippen LogP contribution >= 0.6 is 11.6 Å². The van der Waals surface area contributed by atoms with Crippen LogP contribution < -0.4 is 15.5 Å². The molecule has 6 aromatic rings. The van der Waals surface area contributed by atoms with E-state index in [0.717, 1.165) is 73.0 Å². The number of rotatable bonds is 16. The number of hydrogen-bond donors (Lipinski definition) is 2. The Morgan fingerprint density at radius 3 is 2.00 bits per heavy atom. The topological polar surface area (TPSA) is 131 Å². The molecular weight excluding hydrogens is 748 g/mol. The lowest BCUT2D eigenvalue weighted by Gasteiger charge is -2.35. The van der Waals surface area contributed by atoms with Crippen molar-refractivity contribution in [2.75, 3.05) is 0 Å². The fourth-order valence-corrected chi connectivity index (χ4v) is 7.61. The fourth-order valence-electron chi connectivity index (χ4n) is 7.40. The van der Waals surface area contributed by atoms with Crippen LogP contribution in [0.15, 0.2) is 140 Å². The SMILES string of the molecule is N#Cc1ccc(OC2CCC(NC(=O)c3ccc(-n4cc(CCCCCC(=O)NOC(c5ccccc5)(c5ccccc5)c5ccccc5)nn4)cc3)CC2)cc1Cl. The quantitative estimate of drug-likeness (QED) is 0.0568. The third-order valence-corrected chi connectivity index (χ3v) is 10.8. The van der Waals surface area contributed by atoms with Gasteiger partial charge in [0.25, 0.3) is 5.91 Å². The summed E-state index contributed by atoms with van der Waals surface area (Å²) in [6.07, 6.45) is 8.60. The Bertz CT molecular complexity index is 2210. The van der Waals surface area contributed by atoms with Gasteiger partial charge < -0.3 is 10.1 Å². The minimum atomic E-state index is -1.03. The molecule has 2 N–H and O–H groups in total. The highest BCUT2D eigenvalue weighted by atomic mass is 35.5. The van der Waals surface area contributed by atoms with Gasteiger partial charge in [-0.05, 0) is 98.0 Å². The number of carbonyl (C=O) groups is 2. The summed E-state index contributed by atoms with van der Waals surface area (Å²) in [6.45, 7) is 0. The summed E-state index contributed by atoms with van der Waals surface area (Å²) >= 11 is 6.15. The second-order valence-electron chi connectivity index (χ2n) is 14.5. The van der Waals surface area contributed by atoms with Gasteiger partial charge in [-0.1, -0.05) is 114 Å². The first-order valence-electron chi connectivity index (χ1n) is 19.7. The Hall–Kier alpha value is -6.28. The number of benzene rings is 5. The molecule has 0 radical (unpaired) electrons. The summed E-state index contributed by atoms with van der Waals surface area (Å²) in [5, 5.41) is 21.3. The number of carbonyl (C=O) groups excluding carboxylic acids is 2. The number of hydrogen-bond acceptors (Lipinski definition) is 7. The number of nitrogens with zero attached hydrogens (tertiary/aromatic N) is 4. The average molecular weight is 793 g/mol. The standard InChI is InChI=1S/C47H45ClN6O4/c48-44-31-43(28-23-35(44)32-49)57-42-29-24-39(25-30-42)50-46(56)34-21-26-41(27-22-34)54-33-40(51-53-54)19-11-4-12-20-45(55)52-58-47(36-13-5-1-6-14-36,37-15-7-2-8-16-37)38-17-9-3-10-18-38/h1-3,5-10,13-18,21-23,26-28,31,33,39,42H,4,11-12,19-20,24-25,29-30H2,(H,50,56)(H,52,55). The Morgan fingerprint density at radius 1 is 0.793 bits per heavy atom. The van der Waals surface area contributed by atoms with E-state index in [9.17, 15) is 9.59 Å². The molecule has 1 aromatic heterocycles. The average Bonchev–Trinajstić information content (AvgIpc) is 3.75. The van der Waals surface area contributed by atoms with Gasteiger partial charge in [-0.15, -0.1) is 5.10 Å². The molecule has 0 bridgehead atoms. The van der Waals surface area contributed by atoms with Crippen molar-refractivity contribution in [3.8, 4) is 17.5 Å². The summed E-state index contributed by atoms with van der Waals surface area (Å²) in [4.78, 5) is 32.6. The van der Waals surface area contributed by atoms with E-state index >= 15 is 0 Å². The summed E-state index contributed by atoms with van der Waals surface area (Å²) in [5.41, 5.74) is 7.16. The normalized spacial score (nSPS) is 15.2. The Kier molecular flexibility index (Phi) is 13.2. The van der Waals surface area contributed by atoms with Crippen LogP contribution in [0.25, 0.3) is 5.69 Å². The molecule has 5 aromatic carbocycles. The summed E-state index contributed by atoms with van der Waals surface area (Å²) in [5.74, 6) is 0.353. The molecule has 0 unspecified atom stereocenters. The monoisotopic (exact) mass is 792 g/mol. The van der Waals surface area contributed by atoms with Crippen LogP contribution in [0.4, 0.5) is 0 Å². The number of aryl methyl sites for hydroxylation is 1. The molecule has 7 rings (SSSR count). The molecule has 11 heteroatoms. The van der Waals surface area contributed by atoms with Crippen molar-refractivity contribution in [2.45, 2.75) is 75.5 Å². The van der Waals surface area contributed by atoms with Crippen LogP contribution in [0, 0.1) is 11.3 Å². The van der Waals surface area contributed by atoms with Gasteiger partial charge >= 0.3 is 0 Å². The zero-order valence-electron chi connectivity index (χ0n) is 32.1. The molecule has 1 fully saturated rings. The number of aromatic nitrogens is 3. The minimum Gasteiger partial charge on any atom is -0.490 e. The second-order valence-corrected chi connectivity index (χ2v) is 14.9. The van der Waals surface area contributed by atoms with E-state index in [1.165, 1.54) is 0 Å². The van der Waals surface area contributed by atoms with Crippen LogP contribution in [-0.2, 0) is 21.7 Å². The fraction of sp³-hybridized carbons (Fsp3) is 0.255. The van der Waals surface area contributed by atoms with Gasteiger partial charge in [0.05, 0.1) is 34.3 Å². The van der Waals surface area contributed by atoms with Crippen molar-refractivity contribution < 1.29 is 19.2 Å². The van der Waals surface area contributed by atoms with Crippen molar-refractivity contribution in [3.63, 3.8) is 0 Å². The highest BCUT2D eigenvalue weighted by molar-refractivity contribution is 6.31. The number of nitrogens with one attached hydrogen (secondary N) is 2. The third-order valence-electron chi connectivity index (χ3n) is 10.5. The number of ether oxygens (including phenoxy) is 1. The van der Waals surface area contributed by atoms with E-state index in [4.69, 9.17) is 26.4 Å². The van der Waals surface area contributed by atoms with Gasteiger partial charge in [0, 0.05) is 24.1 Å². The maximum atomic E-state index is 13.1. The van der Waals surface area contributed by atoms with E-state index in [2.05, 4.69) is 27.2 Å². The van der Waals surface area contributed by atoms with E-state index in [1.807, 2.05) is 109 Å². The van der Waals surface area contributed by atoms with Crippen LogP contribution in [0.2, 0.25) is 5.02 Å². The zero-order valence-corrected chi connectivity index (χ0v) is 32.9. The van der Waals surface area contributed by atoms with Gasteiger partial charge in [0.1, 0.15) is 11.8 Å². The Labute approximate surface area is 343 Å². The van der Waals surface area contributed by atoms with E-state index < -0.39 is 5.60 Å². The summed E-state index contributed by atoms with van der Waals surface area (Å²) < 4.78 is 7.80. The van der Waals surface area contributed by atoms with Crippen molar-refractivity contribution in [2.24, 2.45) is 0 Å². The lowest BCUT2D eigenvalue weighted by atomic mass is 9.80. The van der Waals surface area contributed by atoms with Gasteiger partial charge in [-0.3, -0.25) is 14.4 Å². The van der Waals surface area contributed by atoms with Gasteiger partial charge in [-0.2, -0.15) is 5.26 Å². The number of halogens is 1. The lowest BCUT2D eigenvalue weighted by molar-refractivity contribution is -0.143. The number of amides is 2. The summed E-state index contributed by atoms with van der Waals surface area (Å²) in [7, 11) is 0. The predicted molar refractivity (Wildman–Crippen MR) is 222 cm³/mol. The maximum absolute atomic E-state index is 13.1. The van der Waals surface area contributed by atoms with Crippen molar-refractivity contribution in [1.82, 2.24) is 25.8 Å². The largest absolute Gasteiger partial charge is 0.490 e. The van der Waals surface area contributed by atoms with E-state index in [-0.39, 0.29) is 24.0 Å². The molecular formula is C47H45ClN6O4. The molecule has 0 spiro atoms. The van der Waals surface area contributed by atoms with E-state index in [1.54, 1.807) is 35.0 Å². The van der Waals surface area contributed by atoms with Crippen LogP contribution in [0.1, 0.15) is 89.7 Å². The van der Waals surface area contributed by atoms with E-state index in [0.29, 0.717) is 34.7 Å². The highest BCUT2D eigenvalue weighted by Crippen LogP contribution is 2.39. The molecule has 1 heterocycles. The van der Waals surface area contributed by atoms with Crippen LogP contribution in [-0.4, -0.2) is 39.0 Å². The van der Waals surface area contributed by atoms with Crippen LogP contribution in [0.3, 0.4) is 0 Å². The Morgan fingerprint density at radius 2 is 1.41 bits per heavy atom. The van der Waals surface area contributed by atoms with Gasteiger partial charge in [0.15, 0.2) is 5.60 Å². The first kappa shape index (κ1) is 39.9. The predicted octanol–water partition coefficient (Wildman–Crippen LogP) is 9.06. The molecule has 2 amide bonds. The molecule has 58 heavy (non-hydrogen) atoms. The number of nitriles is 1. The highest BCUT2D eigenvalue weighted by Gasteiger charge is 2.39. The third kappa shape index (κ3) is 9.80. The van der Waals surface area contributed by atoms with Crippen molar-refractivity contribution in [1.29, 1.82) is 5.26 Å². The number of unbranched alkanes of at least 4 members (excludes halogenated alkanes) is 2. The minimum absolute atomic E-state index is 0.0310. The smallest absolute Gasteiger partial charge is 0.251 e. The van der Waals surface area contributed by atoms with Crippen molar-refractivity contribution >= 4 is 23.4 Å². The lowest BCUT2D eigenvalue weighted by Crippen LogP contribution is -2.40. The molecule has 0 saturated heterocycles. The van der Waals surface area contributed by atoms with Crippen LogP contribution in [0.5, 0.6) is 5.75 Å². The molecule has 1 aliphatic carbocycles. The zero-order chi connectivity index (χ0) is 40.2. The first-order valence-corrected chi connectivity index (χ1v) is 20.1. The molecule has 1 aliphatic rings. The molecule has 10 nitrogen and oxygen atoms in total. The second kappa shape index (κ2) is 19.2. The first-order chi connectivity index (χ1) is 28.4. The summed E-state index contributed by atoms with van der Waals surface area (Å²) in [6, 6.07) is 44.4. The van der Waals surface area contributed by atoms with Gasteiger partial charge in [0.2, 0.25) is 5.91 Å².